The van der Waals surface area contributed by atoms with E-state index in [0.29, 0.717) is 6.04 Å². The number of aromatic nitrogens is 2. The summed E-state index contributed by atoms with van der Waals surface area (Å²) in [7, 11) is 0. The van der Waals surface area contributed by atoms with Crippen molar-refractivity contribution in [3.8, 4) is 11.3 Å². The first-order valence-electron chi connectivity index (χ1n) is 6.88. The highest BCUT2D eigenvalue weighted by atomic mass is 79.9. The van der Waals surface area contributed by atoms with Crippen molar-refractivity contribution in [2.24, 2.45) is 0 Å². The molecular formula is C15H17BrN4. The second-order valence-electron chi connectivity index (χ2n) is 4.99. The number of nitrogens with zero attached hydrogens (tertiary/aromatic N) is 2. The van der Waals surface area contributed by atoms with E-state index in [9.17, 15) is 0 Å². The summed E-state index contributed by atoms with van der Waals surface area (Å²) >= 11 is 3.47. The van der Waals surface area contributed by atoms with Gasteiger partial charge in [0, 0.05) is 22.6 Å². The molecule has 2 aromatic rings. The fourth-order valence-electron chi connectivity index (χ4n) is 2.39. The van der Waals surface area contributed by atoms with Crippen molar-refractivity contribution in [2.45, 2.75) is 18.9 Å². The second kappa shape index (κ2) is 6.33. The Morgan fingerprint density at radius 1 is 1.25 bits per heavy atom. The number of benzene rings is 1. The molecular weight excluding hydrogens is 316 g/mol. The van der Waals surface area contributed by atoms with Crippen molar-refractivity contribution in [1.29, 1.82) is 0 Å². The zero-order chi connectivity index (χ0) is 13.8. The Morgan fingerprint density at radius 3 is 2.90 bits per heavy atom. The topological polar surface area (TPSA) is 49.8 Å². The third-order valence-electron chi connectivity index (χ3n) is 3.48. The van der Waals surface area contributed by atoms with Crippen molar-refractivity contribution in [3.05, 3.63) is 40.9 Å². The van der Waals surface area contributed by atoms with Gasteiger partial charge in [0.25, 0.3) is 0 Å². The highest BCUT2D eigenvalue weighted by Crippen LogP contribution is 2.21. The lowest BCUT2D eigenvalue weighted by molar-refractivity contribution is 0.632. The van der Waals surface area contributed by atoms with E-state index in [0.717, 1.165) is 34.6 Å². The molecule has 0 radical (unpaired) electrons. The zero-order valence-electron chi connectivity index (χ0n) is 11.1. The van der Waals surface area contributed by atoms with E-state index >= 15 is 0 Å². The van der Waals surface area contributed by atoms with Gasteiger partial charge in [-0.3, -0.25) is 0 Å². The molecule has 1 saturated heterocycles. The van der Waals surface area contributed by atoms with E-state index in [-0.39, 0.29) is 0 Å². The monoisotopic (exact) mass is 332 g/mol. The highest BCUT2D eigenvalue weighted by Gasteiger charge is 2.13. The number of anilines is 1. The van der Waals surface area contributed by atoms with Gasteiger partial charge in [0.05, 0.1) is 5.69 Å². The standard InChI is InChI=1S/C15H17BrN4/c16-12-4-1-3-11(9-12)14-6-7-15(20-19-14)18-10-13-5-2-8-17-13/h1,3-4,6-7,9,13,17H,2,5,8,10H2,(H,18,20). The van der Waals surface area contributed by atoms with Crippen molar-refractivity contribution >= 4 is 21.7 Å². The smallest absolute Gasteiger partial charge is 0.148 e. The molecule has 1 atom stereocenters. The molecule has 3 rings (SSSR count). The summed E-state index contributed by atoms with van der Waals surface area (Å²) in [5.41, 5.74) is 1.95. The quantitative estimate of drug-likeness (QED) is 0.903. The summed E-state index contributed by atoms with van der Waals surface area (Å²) in [4.78, 5) is 0. The first kappa shape index (κ1) is 13.5. The Hall–Kier alpha value is -1.46. The summed E-state index contributed by atoms with van der Waals surface area (Å²) in [6.07, 6.45) is 2.50. The van der Waals surface area contributed by atoms with Gasteiger partial charge in [-0.2, -0.15) is 0 Å². The van der Waals surface area contributed by atoms with Crippen LogP contribution in [0.25, 0.3) is 11.3 Å². The normalized spacial score (nSPS) is 18.1. The zero-order valence-corrected chi connectivity index (χ0v) is 12.7. The van der Waals surface area contributed by atoms with Crippen LogP contribution in [0.1, 0.15) is 12.8 Å². The van der Waals surface area contributed by atoms with Gasteiger partial charge in [0.15, 0.2) is 0 Å². The van der Waals surface area contributed by atoms with E-state index in [1.807, 2.05) is 36.4 Å². The fourth-order valence-corrected chi connectivity index (χ4v) is 2.79. The van der Waals surface area contributed by atoms with Gasteiger partial charge in [0.1, 0.15) is 5.82 Å². The van der Waals surface area contributed by atoms with Crippen LogP contribution in [0.5, 0.6) is 0 Å². The maximum Gasteiger partial charge on any atom is 0.148 e. The number of halogens is 1. The number of hydrogen-bond donors (Lipinski definition) is 2. The van der Waals surface area contributed by atoms with E-state index < -0.39 is 0 Å². The lowest BCUT2D eigenvalue weighted by Gasteiger charge is -2.11. The Kier molecular flexibility index (Phi) is 4.28. The first-order valence-corrected chi connectivity index (χ1v) is 7.67. The van der Waals surface area contributed by atoms with Crippen LogP contribution in [-0.4, -0.2) is 29.3 Å². The summed E-state index contributed by atoms with van der Waals surface area (Å²) in [5, 5.41) is 15.3. The third kappa shape index (κ3) is 3.35. The minimum atomic E-state index is 0.557. The van der Waals surface area contributed by atoms with E-state index in [4.69, 9.17) is 0 Å². The Balaban J connectivity index is 1.65. The summed E-state index contributed by atoms with van der Waals surface area (Å²) in [6.45, 7) is 2.03. The maximum absolute atomic E-state index is 4.28. The van der Waals surface area contributed by atoms with Crippen LogP contribution in [0.3, 0.4) is 0 Å². The fraction of sp³-hybridized carbons (Fsp3) is 0.333. The molecule has 0 saturated carbocycles. The molecule has 1 unspecified atom stereocenters. The maximum atomic E-state index is 4.28. The van der Waals surface area contributed by atoms with Crippen molar-refractivity contribution in [2.75, 3.05) is 18.4 Å². The Labute approximate surface area is 127 Å². The molecule has 20 heavy (non-hydrogen) atoms. The van der Waals surface area contributed by atoms with Gasteiger partial charge in [-0.25, -0.2) is 0 Å². The van der Waals surface area contributed by atoms with E-state index in [2.05, 4.69) is 36.8 Å². The minimum absolute atomic E-state index is 0.557. The molecule has 0 bridgehead atoms. The largest absolute Gasteiger partial charge is 0.367 e. The summed E-state index contributed by atoms with van der Waals surface area (Å²) in [6, 6.07) is 12.6. The van der Waals surface area contributed by atoms with Gasteiger partial charge < -0.3 is 10.6 Å². The molecule has 0 amide bonds. The molecule has 104 valence electrons. The van der Waals surface area contributed by atoms with Crippen LogP contribution in [-0.2, 0) is 0 Å². The van der Waals surface area contributed by atoms with Gasteiger partial charge >= 0.3 is 0 Å². The second-order valence-corrected chi connectivity index (χ2v) is 5.90. The lowest BCUT2D eigenvalue weighted by Crippen LogP contribution is -2.29. The SMILES string of the molecule is Brc1cccc(-c2ccc(NCC3CCCN3)nn2)c1. The summed E-state index contributed by atoms with van der Waals surface area (Å²) < 4.78 is 1.05. The molecule has 1 fully saturated rings. The van der Waals surface area contributed by atoms with Crippen LogP contribution in [0.4, 0.5) is 5.82 Å². The van der Waals surface area contributed by atoms with E-state index in [1.165, 1.54) is 12.8 Å². The Bertz CT molecular complexity index is 564. The van der Waals surface area contributed by atoms with Crippen molar-refractivity contribution in [1.82, 2.24) is 15.5 Å². The average Bonchev–Trinajstić information content (AvgIpc) is 2.99. The van der Waals surface area contributed by atoms with Crippen LogP contribution >= 0.6 is 15.9 Å². The predicted molar refractivity (Wildman–Crippen MR) is 84.7 cm³/mol. The number of hydrogen-bond acceptors (Lipinski definition) is 4. The molecule has 5 heteroatoms. The molecule has 2 N–H and O–H groups in total. The van der Waals surface area contributed by atoms with Crippen LogP contribution in [0.2, 0.25) is 0 Å². The third-order valence-corrected chi connectivity index (χ3v) is 3.97. The van der Waals surface area contributed by atoms with Crippen molar-refractivity contribution in [3.63, 3.8) is 0 Å². The van der Waals surface area contributed by atoms with Gasteiger partial charge in [-0.1, -0.05) is 28.1 Å². The minimum Gasteiger partial charge on any atom is -0.367 e. The molecule has 1 aliphatic rings. The van der Waals surface area contributed by atoms with Crippen LogP contribution in [0.15, 0.2) is 40.9 Å². The predicted octanol–water partition coefficient (Wildman–Crippen LogP) is 3.07. The first-order chi connectivity index (χ1) is 9.81. The number of rotatable bonds is 4. The number of nitrogens with one attached hydrogen (secondary N) is 2. The molecule has 1 aromatic heterocycles. The highest BCUT2D eigenvalue weighted by molar-refractivity contribution is 9.10. The molecule has 0 aliphatic carbocycles. The van der Waals surface area contributed by atoms with Gasteiger partial charge in [-0.05, 0) is 43.7 Å². The lowest BCUT2D eigenvalue weighted by atomic mass is 10.1. The molecule has 1 aromatic carbocycles. The van der Waals surface area contributed by atoms with Crippen LogP contribution in [0, 0.1) is 0 Å². The van der Waals surface area contributed by atoms with Crippen LogP contribution < -0.4 is 10.6 Å². The molecule has 4 nitrogen and oxygen atoms in total. The van der Waals surface area contributed by atoms with Crippen molar-refractivity contribution < 1.29 is 0 Å². The Morgan fingerprint density at radius 2 is 2.20 bits per heavy atom. The molecule has 2 heterocycles. The summed E-state index contributed by atoms with van der Waals surface area (Å²) in [5.74, 6) is 0.831. The molecule has 1 aliphatic heterocycles. The van der Waals surface area contributed by atoms with Gasteiger partial charge in [0.2, 0.25) is 0 Å². The average molecular weight is 333 g/mol. The van der Waals surface area contributed by atoms with Gasteiger partial charge in [-0.15, -0.1) is 10.2 Å². The molecule has 0 spiro atoms. The van der Waals surface area contributed by atoms with E-state index in [1.54, 1.807) is 0 Å².